The van der Waals surface area contributed by atoms with Crippen molar-refractivity contribution < 1.29 is 9.94 Å². The zero-order chi connectivity index (χ0) is 19.7. The van der Waals surface area contributed by atoms with Gasteiger partial charge in [0.1, 0.15) is 11.4 Å². The Morgan fingerprint density at radius 3 is 2.68 bits per heavy atom. The summed E-state index contributed by atoms with van der Waals surface area (Å²) in [5, 5.41) is 22.4. The summed E-state index contributed by atoms with van der Waals surface area (Å²) in [5.41, 5.74) is 0.181. The average molecular weight is 382 g/mol. The maximum atomic E-state index is 12.5. The SMILES string of the molecule is COc1ccc2nc(-c3ccc(N(C)C4CCNCC4)nn3)n(O)c(=O)c2c1. The first-order chi connectivity index (χ1) is 13.6. The van der Waals surface area contributed by atoms with Crippen molar-refractivity contribution in [3.8, 4) is 17.3 Å². The van der Waals surface area contributed by atoms with Gasteiger partial charge in [-0.1, -0.05) is 0 Å². The second-order valence-corrected chi connectivity index (χ2v) is 6.80. The lowest BCUT2D eigenvalue weighted by atomic mass is 10.1. The van der Waals surface area contributed by atoms with Gasteiger partial charge in [0.05, 0.1) is 18.0 Å². The smallest absolute Gasteiger partial charge is 0.294 e. The van der Waals surface area contributed by atoms with Gasteiger partial charge in [0.25, 0.3) is 5.56 Å². The number of aromatic nitrogens is 4. The van der Waals surface area contributed by atoms with Gasteiger partial charge in [-0.3, -0.25) is 4.79 Å². The van der Waals surface area contributed by atoms with Gasteiger partial charge in [0, 0.05) is 13.1 Å². The van der Waals surface area contributed by atoms with Crippen LogP contribution in [-0.4, -0.2) is 58.4 Å². The van der Waals surface area contributed by atoms with Crippen molar-refractivity contribution in [2.24, 2.45) is 0 Å². The molecule has 9 heteroatoms. The highest BCUT2D eigenvalue weighted by atomic mass is 16.5. The Balaban J connectivity index is 1.68. The Kier molecular flexibility index (Phi) is 4.82. The van der Waals surface area contributed by atoms with Crippen LogP contribution in [0.3, 0.4) is 0 Å². The van der Waals surface area contributed by atoms with Crippen LogP contribution >= 0.6 is 0 Å². The lowest BCUT2D eigenvalue weighted by molar-refractivity contribution is 0.178. The monoisotopic (exact) mass is 382 g/mol. The molecule has 28 heavy (non-hydrogen) atoms. The average Bonchev–Trinajstić information content (AvgIpc) is 2.76. The molecule has 3 heterocycles. The highest BCUT2D eigenvalue weighted by Gasteiger charge is 2.20. The molecule has 1 fully saturated rings. The maximum absolute atomic E-state index is 12.5. The fraction of sp³-hybridized carbons (Fsp3) is 0.368. The molecule has 4 rings (SSSR count). The Bertz CT molecular complexity index is 1040. The van der Waals surface area contributed by atoms with Gasteiger partial charge < -0.3 is 20.2 Å². The number of hydrogen-bond acceptors (Lipinski definition) is 8. The molecule has 0 spiro atoms. The molecule has 0 atom stereocenters. The minimum absolute atomic E-state index is 0.0474. The molecule has 1 saturated heterocycles. The van der Waals surface area contributed by atoms with Gasteiger partial charge in [0.15, 0.2) is 5.82 Å². The van der Waals surface area contributed by atoms with Crippen LogP contribution < -0.4 is 20.5 Å². The van der Waals surface area contributed by atoms with Crippen molar-refractivity contribution in [1.82, 2.24) is 25.2 Å². The van der Waals surface area contributed by atoms with E-state index in [0.717, 1.165) is 31.7 Å². The normalized spacial score (nSPS) is 14.9. The summed E-state index contributed by atoms with van der Waals surface area (Å²) >= 11 is 0. The summed E-state index contributed by atoms with van der Waals surface area (Å²) in [6.45, 7) is 1.98. The number of fused-ring (bicyclic) bond motifs is 1. The molecule has 0 amide bonds. The summed E-state index contributed by atoms with van der Waals surface area (Å²) in [4.78, 5) is 19.0. The lowest BCUT2D eigenvalue weighted by Crippen LogP contribution is -2.41. The van der Waals surface area contributed by atoms with Gasteiger partial charge in [-0.25, -0.2) is 4.98 Å². The van der Waals surface area contributed by atoms with E-state index in [1.807, 2.05) is 13.1 Å². The van der Waals surface area contributed by atoms with E-state index in [1.165, 1.54) is 7.11 Å². The Morgan fingerprint density at radius 1 is 1.21 bits per heavy atom. The minimum Gasteiger partial charge on any atom is -0.497 e. The number of methoxy groups -OCH3 is 1. The summed E-state index contributed by atoms with van der Waals surface area (Å²) in [5.74, 6) is 1.31. The molecule has 1 aromatic carbocycles. The summed E-state index contributed by atoms with van der Waals surface area (Å²) in [6, 6.07) is 8.88. The molecular formula is C19H22N6O3. The Morgan fingerprint density at radius 2 is 2.00 bits per heavy atom. The van der Waals surface area contributed by atoms with E-state index in [-0.39, 0.29) is 11.2 Å². The van der Waals surface area contributed by atoms with Crippen LogP contribution in [0, 0.1) is 0 Å². The van der Waals surface area contributed by atoms with Crippen LogP contribution in [0.1, 0.15) is 12.8 Å². The number of benzene rings is 1. The van der Waals surface area contributed by atoms with Crippen molar-refractivity contribution in [3.63, 3.8) is 0 Å². The number of nitrogens with one attached hydrogen (secondary N) is 1. The van der Waals surface area contributed by atoms with Crippen LogP contribution in [0.4, 0.5) is 5.82 Å². The zero-order valence-corrected chi connectivity index (χ0v) is 15.8. The van der Waals surface area contributed by atoms with Crippen LogP contribution in [0.2, 0.25) is 0 Å². The molecule has 1 aliphatic rings. The predicted molar refractivity (Wildman–Crippen MR) is 105 cm³/mol. The molecule has 0 saturated carbocycles. The molecule has 146 valence electrons. The van der Waals surface area contributed by atoms with Gasteiger partial charge in [-0.15, -0.1) is 14.9 Å². The fourth-order valence-electron chi connectivity index (χ4n) is 3.46. The minimum atomic E-state index is -0.586. The molecular weight excluding hydrogens is 360 g/mol. The van der Waals surface area contributed by atoms with E-state index in [9.17, 15) is 10.0 Å². The van der Waals surface area contributed by atoms with Crippen molar-refractivity contribution >= 4 is 16.7 Å². The third-order valence-electron chi connectivity index (χ3n) is 5.15. The molecule has 0 unspecified atom stereocenters. The Labute approximate surface area is 161 Å². The molecule has 2 aromatic heterocycles. The third-order valence-corrected chi connectivity index (χ3v) is 5.15. The quantitative estimate of drug-likeness (QED) is 0.651. The number of rotatable bonds is 4. The van der Waals surface area contributed by atoms with E-state index in [1.54, 1.807) is 24.3 Å². The van der Waals surface area contributed by atoms with E-state index in [0.29, 0.717) is 27.7 Å². The number of hydrogen-bond donors (Lipinski definition) is 2. The van der Waals surface area contributed by atoms with E-state index in [4.69, 9.17) is 4.74 Å². The predicted octanol–water partition coefficient (Wildman–Crippen LogP) is 1.29. The van der Waals surface area contributed by atoms with Crippen molar-refractivity contribution in [1.29, 1.82) is 0 Å². The van der Waals surface area contributed by atoms with Crippen LogP contribution in [-0.2, 0) is 0 Å². The highest BCUT2D eigenvalue weighted by molar-refractivity contribution is 5.80. The molecule has 0 bridgehead atoms. The van der Waals surface area contributed by atoms with Gasteiger partial charge in [0.2, 0.25) is 5.82 Å². The van der Waals surface area contributed by atoms with Crippen LogP contribution in [0.25, 0.3) is 22.4 Å². The largest absolute Gasteiger partial charge is 0.497 e. The van der Waals surface area contributed by atoms with Gasteiger partial charge >= 0.3 is 0 Å². The topological polar surface area (TPSA) is 105 Å². The van der Waals surface area contributed by atoms with Crippen molar-refractivity contribution in [3.05, 3.63) is 40.7 Å². The second kappa shape index (κ2) is 7.43. The van der Waals surface area contributed by atoms with Crippen LogP contribution in [0.15, 0.2) is 35.1 Å². The summed E-state index contributed by atoms with van der Waals surface area (Å²) in [7, 11) is 3.52. The standard InChI is InChI=1S/C19H22N6O3/c1-24(12-7-9-20-10-8-12)17-6-5-16(22-23-17)18-21-15-4-3-13(28-2)11-14(15)19(26)25(18)27/h3-6,11-12,20,27H,7-10H2,1-2H3. The van der Waals surface area contributed by atoms with Gasteiger partial charge in [-0.05, 0) is 56.3 Å². The first-order valence-electron chi connectivity index (χ1n) is 9.16. The lowest BCUT2D eigenvalue weighted by Gasteiger charge is -2.32. The first-order valence-corrected chi connectivity index (χ1v) is 9.16. The highest BCUT2D eigenvalue weighted by Crippen LogP contribution is 2.22. The summed E-state index contributed by atoms with van der Waals surface area (Å²) in [6.07, 6.45) is 2.09. The van der Waals surface area contributed by atoms with E-state index < -0.39 is 5.56 Å². The number of nitrogens with zero attached hydrogens (tertiary/aromatic N) is 5. The fourth-order valence-corrected chi connectivity index (χ4v) is 3.46. The molecule has 0 radical (unpaired) electrons. The first kappa shape index (κ1) is 18.2. The third kappa shape index (κ3) is 3.24. The number of ether oxygens (including phenoxy) is 1. The number of anilines is 1. The van der Waals surface area contributed by atoms with E-state index in [2.05, 4.69) is 25.4 Å². The molecule has 1 aliphatic heterocycles. The van der Waals surface area contributed by atoms with Crippen LogP contribution in [0.5, 0.6) is 5.75 Å². The molecule has 2 N–H and O–H groups in total. The zero-order valence-electron chi connectivity index (χ0n) is 15.8. The molecule has 3 aromatic rings. The number of piperidine rings is 1. The van der Waals surface area contributed by atoms with E-state index >= 15 is 0 Å². The summed E-state index contributed by atoms with van der Waals surface area (Å²) < 4.78 is 5.63. The second-order valence-electron chi connectivity index (χ2n) is 6.80. The molecule has 9 nitrogen and oxygen atoms in total. The molecule has 0 aliphatic carbocycles. The Hall–Kier alpha value is -3.20. The van der Waals surface area contributed by atoms with Gasteiger partial charge in [-0.2, -0.15) is 0 Å². The van der Waals surface area contributed by atoms with Crippen molar-refractivity contribution in [2.45, 2.75) is 18.9 Å². The maximum Gasteiger partial charge on any atom is 0.294 e. The van der Waals surface area contributed by atoms with Crippen molar-refractivity contribution in [2.75, 3.05) is 32.1 Å².